The van der Waals surface area contributed by atoms with Crippen LogP contribution in [-0.2, 0) is 11.3 Å². The van der Waals surface area contributed by atoms with Crippen molar-refractivity contribution < 1.29 is 9.53 Å². The molecule has 108 valence electrons. The van der Waals surface area contributed by atoms with E-state index in [1.807, 2.05) is 4.90 Å². The average Bonchev–Trinajstić information content (AvgIpc) is 3.08. The highest BCUT2D eigenvalue weighted by molar-refractivity contribution is 5.96. The van der Waals surface area contributed by atoms with E-state index in [0.29, 0.717) is 19.1 Å². The van der Waals surface area contributed by atoms with Gasteiger partial charge in [-0.05, 0) is 25.7 Å². The van der Waals surface area contributed by atoms with Crippen molar-refractivity contribution in [2.45, 2.75) is 50.6 Å². The molecule has 3 heterocycles. The minimum atomic E-state index is 0.0186. The van der Waals surface area contributed by atoms with Crippen molar-refractivity contribution in [3.63, 3.8) is 0 Å². The Morgan fingerprint density at radius 2 is 2.30 bits per heavy atom. The molecule has 20 heavy (non-hydrogen) atoms. The normalized spacial score (nSPS) is 23.6. The molecule has 5 heteroatoms. The van der Waals surface area contributed by atoms with Gasteiger partial charge in [-0.15, -0.1) is 0 Å². The van der Waals surface area contributed by atoms with E-state index in [-0.39, 0.29) is 11.4 Å². The van der Waals surface area contributed by atoms with E-state index in [4.69, 9.17) is 4.74 Å². The standard InChI is InChI=1S/C15H21N3O2/c1-2-6-18-13(11-3-4-11)12(8-16-18)14(19)17-7-5-15(17)9-20-10-15/h8,11H,2-7,9-10H2,1H3. The van der Waals surface area contributed by atoms with Crippen molar-refractivity contribution in [2.24, 2.45) is 0 Å². The van der Waals surface area contributed by atoms with Crippen LogP contribution in [0, 0.1) is 0 Å². The number of hydrogen-bond donors (Lipinski definition) is 0. The lowest BCUT2D eigenvalue weighted by molar-refractivity contribution is -0.172. The molecule has 2 aliphatic heterocycles. The number of likely N-dealkylation sites (tertiary alicyclic amines) is 1. The third kappa shape index (κ3) is 1.65. The highest BCUT2D eigenvalue weighted by Crippen LogP contribution is 2.44. The predicted octanol–water partition coefficient (Wildman–Crippen LogP) is 1.79. The minimum absolute atomic E-state index is 0.0186. The van der Waals surface area contributed by atoms with E-state index in [9.17, 15) is 4.79 Å². The molecule has 5 nitrogen and oxygen atoms in total. The number of carbonyl (C=O) groups excluding carboxylic acids is 1. The van der Waals surface area contributed by atoms with Gasteiger partial charge in [0.1, 0.15) is 0 Å². The second kappa shape index (κ2) is 4.32. The van der Waals surface area contributed by atoms with Crippen LogP contribution < -0.4 is 0 Å². The van der Waals surface area contributed by atoms with Gasteiger partial charge in [0.25, 0.3) is 5.91 Å². The molecule has 0 unspecified atom stereocenters. The Bertz CT molecular complexity index is 538. The Morgan fingerprint density at radius 3 is 2.80 bits per heavy atom. The molecule has 1 spiro atoms. The average molecular weight is 275 g/mol. The largest absolute Gasteiger partial charge is 0.376 e. The zero-order valence-corrected chi connectivity index (χ0v) is 12.0. The van der Waals surface area contributed by atoms with Gasteiger partial charge in [-0.2, -0.15) is 5.10 Å². The molecular formula is C15H21N3O2. The van der Waals surface area contributed by atoms with Crippen LogP contribution in [0.5, 0.6) is 0 Å². The monoisotopic (exact) mass is 275 g/mol. The van der Waals surface area contributed by atoms with Crippen LogP contribution in [0.25, 0.3) is 0 Å². The van der Waals surface area contributed by atoms with Crippen LogP contribution in [0.2, 0.25) is 0 Å². The molecule has 3 aliphatic rings. The summed E-state index contributed by atoms with van der Waals surface area (Å²) in [5.74, 6) is 0.724. The zero-order chi connectivity index (χ0) is 13.7. The molecule has 1 aromatic heterocycles. The lowest BCUT2D eigenvalue weighted by Crippen LogP contribution is -2.72. The lowest BCUT2D eigenvalue weighted by Gasteiger charge is -2.57. The number of ether oxygens (including phenoxy) is 1. The minimum Gasteiger partial charge on any atom is -0.376 e. The maximum absolute atomic E-state index is 12.8. The van der Waals surface area contributed by atoms with Gasteiger partial charge >= 0.3 is 0 Å². The van der Waals surface area contributed by atoms with Crippen LogP contribution in [0.3, 0.4) is 0 Å². The fourth-order valence-electron chi connectivity index (χ4n) is 3.38. The van der Waals surface area contributed by atoms with Crippen molar-refractivity contribution in [2.75, 3.05) is 19.8 Å². The summed E-state index contributed by atoms with van der Waals surface area (Å²) in [5, 5.41) is 4.46. The Balaban J connectivity index is 1.63. The van der Waals surface area contributed by atoms with Crippen molar-refractivity contribution in [3.05, 3.63) is 17.5 Å². The number of carbonyl (C=O) groups is 1. The first-order valence-corrected chi connectivity index (χ1v) is 7.70. The molecule has 0 aromatic carbocycles. The highest BCUT2D eigenvalue weighted by Gasteiger charge is 2.53. The topological polar surface area (TPSA) is 47.4 Å². The molecular weight excluding hydrogens is 254 g/mol. The summed E-state index contributed by atoms with van der Waals surface area (Å²) in [4.78, 5) is 14.8. The molecule has 0 N–H and O–H groups in total. The summed E-state index contributed by atoms with van der Waals surface area (Å²) in [5.41, 5.74) is 2.04. The highest BCUT2D eigenvalue weighted by atomic mass is 16.5. The molecule has 1 amide bonds. The van der Waals surface area contributed by atoms with Gasteiger partial charge in [-0.25, -0.2) is 0 Å². The van der Waals surface area contributed by atoms with E-state index in [0.717, 1.165) is 31.5 Å². The summed E-state index contributed by atoms with van der Waals surface area (Å²) in [7, 11) is 0. The second-order valence-electron chi connectivity index (χ2n) is 6.36. The molecule has 0 atom stereocenters. The van der Waals surface area contributed by atoms with Crippen LogP contribution in [-0.4, -0.2) is 45.9 Å². The first-order valence-electron chi connectivity index (χ1n) is 7.70. The van der Waals surface area contributed by atoms with Crippen molar-refractivity contribution >= 4 is 5.91 Å². The van der Waals surface area contributed by atoms with Crippen LogP contribution >= 0.6 is 0 Å². The first-order chi connectivity index (χ1) is 9.75. The van der Waals surface area contributed by atoms with E-state index < -0.39 is 0 Å². The maximum Gasteiger partial charge on any atom is 0.257 e. The molecule has 0 radical (unpaired) electrons. The van der Waals surface area contributed by atoms with Crippen LogP contribution in [0.15, 0.2) is 6.20 Å². The van der Waals surface area contributed by atoms with Gasteiger partial charge < -0.3 is 9.64 Å². The Labute approximate surface area is 118 Å². The molecule has 1 aromatic rings. The summed E-state index contributed by atoms with van der Waals surface area (Å²) < 4.78 is 7.37. The summed E-state index contributed by atoms with van der Waals surface area (Å²) in [6.07, 6.45) is 6.32. The molecule has 1 aliphatic carbocycles. The van der Waals surface area contributed by atoms with E-state index >= 15 is 0 Å². The molecule has 0 bridgehead atoms. The summed E-state index contributed by atoms with van der Waals surface area (Å²) in [6, 6.07) is 0. The van der Waals surface area contributed by atoms with Crippen LogP contribution in [0.4, 0.5) is 0 Å². The number of nitrogens with zero attached hydrogens (tertiary/aromatic N) is 3. The fraction of sp³-hybridized carbons (Fsp3) is 0.733. The number of aryl methyl sites for hydroxylation is 1. The van der Waals surface area contributed by atoms with E-state index in [2.05, 4.69) is 16.7 Å². The van der Waals surface area contributed by atoms with Gasteiger partial charge in [0.2, 0.25) is 0 Å². The number of rotatable bonds is 4. The maximum atomic E-state index is 12.8. The third-order valence-electron chi connectivity index (χ3n) is 4.87. The van der Waals surface area contributed by atoms with Gasteiger partial charge in [0.15, 0.2) is 0 Å². The smallest absolute Gasteiger partial charge is 0.257 e. The lowest BCUT2D eigenvalue weighted by atomic mass is 9.82. The zero-order valence-electron chi connectivity index (χ0n) is 12.0. The van der Waals surface area contributed by atoms with Crippen LogP contribution in [0.1, 0.15) is 54.6 Å². The van der Waals surface area contributed by atoms with Gasteiger partial charge in [0.05, 0.1) is 36.2 Å². The summed E-state index contributed by atoms with van der Waals surface area (Å²) in [6.45, 7) is 5.34. The van der Waals surface area contributed by atoms with Gasteiger partial charge in [-0.3, -0.25) is 9.48 Å². The van der Waals surface area contributed by atoms with E-state index in [1.54, 1.807) is 6.20 Å². The number of aromatic nitrogens is 2. The Hall–Kier alpha value is -1.36. The molecule has 3 fully saturated rings. The SMILES string of the molecule is CCCn1ncc(C(=O)N2CCC23COC3)c1C1CC1. The van der Waals surface area contributed by atoms with Gasteiger partial charge in [0, 0.05) is 19.0 Å². The predicted molar refractivity (Wildman–Crippen MR) is 73.7 cm³/mol. The number of hydrogen-bond acceptors (Lipinski definition) is 3. The Kier molecular flexibility index (Phi) is 2.67. The molecule has 2 saturated heterocycles. The number of amides is 1. The quantitative estimate of drug-likeness (QED) is 0.841. The van der Waals surface area contributed by atoms with Crippen molar-refractivity contribution in [1.82, 2.24) is 14.7 Å². The first kappa shape index (κ1) is 12.4. The molecule has 1 saturated carbocycles. The fourth-order valence-corrected chi connectivity index (χ4v) is 3.38. The van der Waals surface area contributed by atoms with Crippen molar-refractivity contribution in [3.8, 4) is 0 Å². The second-order valence-corrected chi connectivity index (χ2v) is 6.36. The summed E-state index contributed by atoms with van der Waals surface area (Å²) >= 11 is 0. The molecule has 4 rings (SSSR count). The third-order valence-corrected chi connectivity index (χ3v) is 4.87. The van der Waals surface area contributed by atoms with Crippen molar-refractivity contribution in [1.29, 1.82) is 0 Å². The Morgan fingerprint density at radius 1 is 1.50 bits per heavy atom. The van der Waals surface area contributed by atoms with Gasteiger partial charge in [-0.1, -0.05) is 6.92 Å². The van der Waals surface area contributed by atoms with E-state index in [1.165, 1.54) is 18.5 Å².